The van der Waals surface area contributed by atoms with Crippen molar-refractivity contribution in [3.8, 4) is 5.75 Å². The Labute approximate surface area is 167 Å². The molecule has 0 atom stereocenters. The molecule has 0 aromatic heterocycles. The van der Waals surface area contributed by atoms with Crippen LogP contribution in [-0.4, -0.2) is 47.7 Å². The minimum atomic E-state index is 0.822. The van der Waals surface area contributed by atoms with Crippen molar-refractivity contribution in [2.24, 2.45) is 0 Å². The van der Waals surface area contributed by atoms with Crippen LogP contribution in [0.4, 0.5) is 5.69 Å². The molecule has 0 spiro atoms. The highest BCUT2D eigenvalue weighted by Gasteiger charge is 2.20. The first-order valence-electron chi connectivity index (χ1n) is 9.69. The maximum atomic E-state index is 5.66. The maximum absolute atomic E-state index is 5.66. The molecule has 27 heavy (non-hydrogen) atoms. The number of nitrogens with one attached hydrogen (secondary N) is 1. The maximum Gasteiger partial charge on any atom is 0.173 e. The highest BCUT2D eigenvalue weighted by atomic mass is 32.1. The van der Waals surface area contributed by atoms with E-state index < -0.39 is 0 Å². The molecule has 0 amide bonds. The number of fused-ring (bicyclic) bond motifs is 1. The van der Waals surface area contributed by atoms with Gasteiger partial charge in [0.2, 0.25) is 0 Å². The van der Waals surface area contributed by atoms with E-state index in [2.05, 4.69) is 65.4 Å². The first-order chi connectivity index (χ1) is 13.1. The third-order valence-corrected chi connectivity index (χ3v) is 6.03. The summed E-state index contributed by atoms with van der Waals surface area (Å²) in [5.41, 5.74) is 6.39. The van der Waals surface area contributed by atoms with Crippen LogP contribution in [0.5, 0.6) is 5.75 Å². The number of aryl methyl sites for hydroxylation is 1. The fourth-order valence-corrected chi connectivity index (χ4v) is 4.08. The molecule has 1 N–H and O–H groups in total. The van der Waals surface area contributed by atoms with Crippen LogP contribution in [0.1, 0.15) is 22.3 Å². The van der Waals surface area contributed by atoms with Gasteiger partial charge in [0.15, 0.2) is 5.11 Å². The molecular formula is C22H27N3OS. The molecule has 1 fully saturated rings. The fraction of sp³-hybridized carbons (Fsp3) is 0.409. The number of thiocarbonyl (C=S) groups is 1. The van der Waals surface area contributed by atoms with Crippen LogP contribution in [0.3, 0.4) is 0 Å². The second-order valence-corrected chi connectivity index (χ2v) is 7.87. The molecule has 0 radical (unpaired) electrons. The monoisotopic (exact) mass is 381 g/mol. The second kappa shape index (κ2) is 7.87. The van der Waals surface area contributed by atoms with Gasteiger partial charge >= 0.3 is 0 Å². The summed E-state index contributed by atoms with van der Waals surface area (Å²) in [5.74, 6) is 1.06. The van der Waals surface area contributed by atoms with Crippen molar-refractivity contribution >= 4 is 23.0 Å². The normalized spacial score (nSPS) is 16.7. The Balaban J connectivity index is 1.31. The number of hydrogen-bond acceptors (Lipinski definition) is 3. The van der Waals surface area contributed by atoms with Gasteiger partial charge in [-0.1, -0.05) is 24.3 Å². The molecule has 0 saturated carbocycles. The number of hydrogen-bond donors (Lipinski definition) is 1. The van der Waals surface area contributed by atoms with Gasteiger partial charge in [-0.2, -0.15) is 0 Å². The first-order valence-corrected chi connectivity index (χ1v) is 10.1. The molecule has 1 saturated heterocycles. The molecular weight excluding hydrogens is 354 g/mol. The highest BCUT2D eigenvalue weighted by molar-refractivity contribution is 7.80. The molecule has 4 nitrogen and oxygen atoms in total. The predicted octanol–water partition coefficient (Wildman–Crippen LogP) is 3.75. The van der Waals surface area contributed by atoms with Crippen molar-refractivity contribution in [2.45, 2.75) is 26.8 Å². The molecule has 0 unspecified atom stereocenters. The Bertz CT molecular complexity index is 843. The van der Waals surface area contributed by atoms with E-state index in [0.717, 1.165) is 62.3 Å². The Morgan fingerprint density at radius 2 is 1.93 bits per heavy atom. The van der Waals surface area contributed by atoms with Crippen molar-refractivity contribution in [2.75, 3.05) is 38.1 Å². The average molecular weight is 382 g/mol. The number of ether oxygens (including phenoxy) is 1. The average Bonchev–Trinajstić information content (AvgIpc) is 3.14. The van der Waals surface area contributed by atoms with Gasteiger partial charge in [0.25, 0.3) is 0 Å². The van der Waals surface area contributed by atoms with Crippen LogP contribution >= 0.6 is 12.2 Å². The molecule has 0 aliphatic carbocycles. The molecule has 2 aromatic carbocycles. The van der Waals surface area contributed by atoms with Gasteiger partial charge in [0.1, 0.15) is 5.75 Å². The van der Waals surface area contributed by atoms with Gasteiger partial charge in [-0.25, -0.2) is 0 Å². The smallest absolute Gasteiger partial charge is 0.173 e. The van der Waals surface area contributed by atoms with Crippen molar-refractivity contribution in [3.63, 3.8) is 0 Å². The lowest BCUT2D eigenvalue weighted by Crippen LogP contribution is -2.49. The van der Waals surface area contributed by atoms with Crippen molar-refractivity contribution in [1.29, 1.82) is 0 Å². The SMILES string of the molecule is Cc1cccc(NC(=S)N2CCN(Cc3ccc4c(c3)CCO4)CC2)c1C. The molecule has 2 aliphatic rings. The number of rotatable bonds is 3. The van der Waals surface area contributed by atoms with Crippen LogP contribution < -0.4 is 10.1 Å². The van der Waals surface area contributed by atoms with E-state index in [0.29, 0.717) is 0 Å². The summed E-state index contributed by atoms with van der Waals surface area (Å²) in [7, 11) is 0. The number of nitrogens with zero attached hydrogens (tertiary/aromatic N) is 2. The summed E-state index contributed by atoms with van der Waals surface area (Å²) in [6, 6.07) is 12.9. The van der Waals surface area contributed by atoms with Crippen LogP contribution in [-0.2, 0) is 13.0 Å². The predicted molar refractivity (Wildman–Crippen MR) is 115 cm³/mol. The van der Waals surface area contributed by atoms with Crippen molar-refractivity contribution < 1.29 is 4.74 Å². The molecule has 2 aromatic rings. The molecule has 4 rings (SSSR count). The van der Waals surface area contributed by atoms with Gasteiger partial charge in [0, 0.05) is 44.8 Å². The van der Waals surface area contributed by atoms with Crippen LogP contribution in [0, 0.1) is 13.8 Å². The number of piperazine rings is 1. The fourth-order valence-electron chi connectivity index (χ4n) is 3.79. The van der Waals surface area contributed by atoms with E-state index in [4.69, 9.17) is 17.0 Å². The van der Waals surface area contributed by atoms with E-state index >= 15 is 0 Å². The summed E-state index contributed by atoms with van der Waals surface area (Å²) >= 11 is 5.66. The minimum absolute atomic E-state index is 0.822. The standard InChI is InChI=1S/C22H27N3OS/c1-16-4-3-5-20(17(16)2)23-22(27)25-11-9-24(10-12-25)15-18-6-7-21-19(14-18)8-13-26-21/h3-7,14H,8-13,15H2,1-2H3,(H,23,27). The van der Waals surface area contributed by atoms with Crippen molar-refractivity contribution in [3.05, 3.63) is 58.7 Å². The lowest BCUT2D eigenvalue weighted by atomic mass is 10.1. The lowest BCUT2D eigenvalue weighted by Gasteiger charge is -2.36. The number of benzene rings is 2. The van der Waals surface area contributed by atoms with E-state index in [1.165, 1.54) is 22.3 Å². The third kappa shape index (κ3) is 4.09. The molecule has 2 aliphatic heterocycles. The van der Waals surface area contributed by atoms with Crippen molar-refractivity contribution in [1.82, 2.24) is 9.80 Å². The minimum Gasteiger partial charge on any atom is -0.493 e. The van der Waals surface area contributed by atoms with E-state index in [9.17, 15) is 0 Å². The zero-order valence-corrected chi connectivity index (χ0v) is 16.9. The van der Waals surface area contributed by atoms with Gasteiger partial charge < -0.3 is 15.0 Å². The van der Waals surface area contributed by atoms with Gasteiger partial charge in [-0.15, -0.1) is 0 Å². The van der Waals surface area contributed by atoms with Crippen LogP contribution in [0.2, 0.25) is 0 Å². The van der Waals surface area contributed by atoms with E-state index in [1.807, 2.05) is 0 Å². The summed E-state index contributed by atoms with van der Waals surface area (Å²) < 4.78 is 5.61. The quantitative estimate of drug-likeness (QED) is 0.818. The Hall–Kier alpha value is -2.11. The van der Waals surface area contributed by atoms with E-state index in [1.54, 1.807) is 0 Å². The van der Waals surface area contributed by atoms with Crippen LogP contribution in [0.25, 0.3) is 0 Å². The summed E-state index contributed by atoms with van der Waals surface area (Å²) in [6.07, 6.45) is 1.04. The topological polar surface area (TPSA) is 27.7 Å². The molecule has 5 heteroatoms. The first kappa shape index (κ1) is 18.3. The zero-order valence-electron chi connectivity index (χ0n) is 16.1. The summed E-state index contributed by atoms with van der Waals surface area (Å²) in [6.45, 7) is 10.1. The van der Waals surface area contributed by atoms with Gasteiger partial charge in [0.05, 0.1) is 6.61 Å². The van der Waals surface area contributed by atoms with Gasteiger partial charge in [-0.3, -0.25) is 4.90 Å². The Morgan fingerprint density at radius 1 is 1.11 bits per heavy atom. The highest BCUT2D eigenvalue weighted by Crippen LogP contribution is 2.26. The van der Waals surface area contributed by atoms with E-state index in [-0.39, 0.29) is 0 Å². The number of anilines is 1. The summed E-state index contributed by atoms with van der Waals surface area (Å²) in [4.78, 5) is 4.79. The second-order valence-electron chi connectivity index (χ2n) is 7.48. The Morgan fingerprint density at radius 3 is 2.74 bits per heavy atom. The molecule has 0 bridgehead atoms. The summed E-state index contributed by atoms with van der Waals surface area (Å²) in [5, 5.41) is 4.27. The molecule has 142 valence electrons. The Kier molecular flexibility index (Phi) is 5.32. The largest absolute Gasteiger partial charge is 0.493 e. The van der Waals surface area contributed by atoms with Gasteiger partial charge in [-0.05, 0) is 60.5 Å². The zero-order chi connectivity index (χ0) is 18.8. The third-order valence-electron chi connectivity index (χ3n) is 5.67. The lowest BCUT2D eigenvalue weighted by molar-refractivity contribution is 0.177. The van der Waals surface area contributed by atoms with Crippen LogP contribution in [0.15, 0.2) is 36.4 Å². The molecule has 2 heterocycles.